The summed E-state index contributed by atoms with van der Waals surface area (Å²) in [6.07, 6.45) is 0.319. The summed E-state index contributed by atoms with van der Waals surface area (Å²) in [4.78, 5) is 13.1. The van der Waals surface area contributed by atoms with Crippen LogP contribution in [0.15, 0.2) is 59.5 Å². The normalized spacial score (nSPS) is 11.9. The Morgan fingerprint density at radius 2 is 1.82 bits per heavy atom. The van der Waals surface area contributed by atoms with Gasteiger partial charge in [-0.1, -0.05) is 48.0 Å². The van der Waals surface area contributed by atoms with Gasteiger partial charge in [-0.05, 0) is 24.6 Å². The summed E-state index contributed by atoms with van der Waals surface area (Å²) in [5.74, 6) is 0.857. The van der Waals surface area contributed by atoms with E-state index >= 15 is 0 Å². The number of aryl methyl sites for hydroxylation is 1. The van der Waals surface area contributed by atoms with Crippen molar-refractivity contribution in [2.24, 2.45) is 5.73 Å². The smallest absolute Gasteiger partial charge is 0.221 e. The third kappa shape index (κ3) is 5.54. The molecule has 2 rings (SSSR count). The lowest BCUT2D eigenvalue weighted by atomic mass is 10.0. The van der Waals surface area contributed by atoms with E-state index in [1.165, 1.54) is 10.5 Å². The number of amides is 1. The molecule has 0 heterocycles. The SMILES string of the molecule is Cc1ccc(SCCNC(=O)CC(N)c2ccccc2)cc1. The van der Waals surface area contributed by atoms with Gasteiger partial charge in [0.1, 0.15) is 0 Å². The van der Waals surface area contributed by atoms with Gasteiger partial charge in [-0.25, -0.2) is 0 Å². The molecule has 3 N–H and O–H groups in total. The van der Waals surface area contributed by atoms with Crippen molar-refractivity contribution in [1.29, 1.82) is 0 Å². The molecule has 0 aliphatic rings. The second-order valence-electron chi connectivity index (χ2n) is 5.23. The van der Waals surface area contributed by atoms with Crippen LogP contribution >= 0.6 is 11.8 Å². The van der Waals surface area contributed by atoms with Crippen LogP contribution in [0.5, 0.6) is 0 Å². The Labute approximate surface area is 136 Å². The first-order valence-corrected chi connectivity index (χ1v) is 8.40. The van der Waals surface area contributed by atoms with Gasteiger partial charge in [0.05, 0.1) is 0 Å². The molecule has 0 radical (unpaired) electrons. The predicted octanol–water partition coefficient (Wildman–Crippen LogP) is 3.29. The third-order valence-corrected chi connectivity index (χ3v) is 4.36. The van der Waals surface area contributed by atoms with Gasteiger partial charge < -0.3 is 11.1 Å². The average Bonchev–Trinajstić information content (AvgIpc) is 2.54. The molecule has 22 heavy (non-hydrogen) atoms. The van der Waals surface area contributed by atoms with Gasteiger partial charge in [-0.15, -0.1) is 11.8 Å². The first-order chi connectivity index (χ1) is 10.6. The lowest BCUT2D eigenvalue weighted by Gasteiger charge is -2.12. The zero-order valence-electron chi connectivity index (χ0n) is 12.8. The van der Waals surface area contributed by atoms with E-state index in [1.54, 1.807) is 11.8 Å². The predicted molar refractivity (Wildman–Crippen MR) is 92.9 cm³/mol. The van der Waals surface area contributed by atoms with E-state index in [1.807, 2.05) is 30.3 Å². The summed E-state index contributed by atoms with van der Waals surface area (Å²) in [5, 5.41) is 2.93. The summed E-state index contributed by atoms with van der Waals surface area (Å²) in [6, 6.07) is 17.9. The summed E-state index contributed by atoms with van der Waals surface area (Å²) in [5.41, 5.74) is 8.29. The lowest BCUT2D eigenvalue weighted by Crippen LogP contribution is -2.29. The zero-order chi connectivity index (χ0) is 15.8. The topological polar surface area (TPSA) is 55.1 Å². The number of thioether (sulfide) groups is 1. The van der Waals surface area contributed by atoms with Crippen LogP contribution in [0, 0.1) is 6.92 Å². The Balaban J connectivity index is 1.66. The molecule has 1 atom stereocenters. The van der Waals surface area contributed by atoms with Crippen molar-refractivity contribution in [2.45, 2.75) is 24.3 Å². The Morgan fingerprint density at radius 3 is 2.50 bits per heavy atom. The second kappa shape index (κ2) is 8.61. The molecule has 2 aromatic rings. The molecule has 1 amide bonds. The molecule has 0 saturated carbocycles. The number of benzene rings is 2. The van der Waals surface area contributed by atoms with E-state index in [0.717, 1.165) is 11.3 Å². The molecule has 0 aromatic heterocycles. The Kier molecular flexibility index (Phi) is 6.49. The fourth-order valence-electron chi connectivity index (χ4n) is 2.08. The van der Waals surface area contributed by atoms with Crippen LogP contribution < -0.4 is 11.1 Å². The molecular formula is C18H22N2OS. The zero-order valence-corrected chi connectivity index (χ0v) is 13.6. The molecule has 1 unspecified atom stereocenters. The Hall–Kier alpha value is -1.78. The Bertz CT molecular complexity index is 584. The van der Waals surface area contributed by atoms with Gasteiger partial charge >= 0.3 is 0 Å². The third-order valence-electron chi connectivity index (χ3n) is 3.35. The Morgan fingerprint density at radius 1 is 1.14 bits per heavy atom. The number of hydrogen-bond acceptors (Lipinski definition) is 3. The lowest BCUT2D eigenvalue weighted by molar-refractivity contribution is -0.121. The molecule has 0 bridgehead atoms. The van der Waals surface area contributed by atoms with Gasteiger partial charge in [0.15, 0.2) is 0 Å². The highest BCUT2D eigenvalue weighted by Gasteiger charge is 2.10. The molecule has 0 aliphatic heterocycles. The number of carbonyl (C=O) groups excluding carboxylic acids is 1. The molecule has 0 spiro atoms. The molecule has 3 nitrogen and oxygen atoms in total. The minimum atomic E-state index is -0.244. The molecule has 0 fully saturated rings. The highest BCUT2D eigenvalue weighted by molar-refractivity contribution is 7.99. The van der Waals surface area contributed by atoms with E-state index < -0.39 is 0 Å². The summed E-state index contributed by atoms with van der Waals surface area (Å²) < 4.78 is 0. The highest BCUT2D eigenvalue weighted by atomic mass is 32.2. The number of rotatable bonds is 7. The summed E-state index contributed by atoms with van der Waals surface area (Å²) >= 11 is 1.74. The van der Waals surface area contributed by atoms with Gasteiger partial charge in [-0.2, -0.15) is 0 Å². The fraction of sp³-hybridized carbons (Fsp3) is 0.278. The van der Waals surface area contributed by atoms with Crippen molar-refractivity contribution >= 4 is 17.7 Å². The maximum atomic E-state index is 11.9. The number of nitrogens with one attached hydrogen (secondary N) is 1. The van der Waals surface area contributed by atoms with Crippen molar-refractivity contribution in [2.75, 3.05) is 12.3 Å². The molecule has 0 aliphatic carbocycles. The van der Waals surface area contributed by atoms with Crippen molar-refractivity contribution in [3.8, 4) is 0 Å². The number of nitrogens with two attached hydrogens (primary N) is 1. The largest absolute Gasteiger partial charge is 0.355 e. The van der Waals surface area contributed by atoms with Crippen molar-refractivity contribution in [1.82, 2.24) is 5.32 Å². The minimum Gasteiger partial charge on any atom is -0.355 e. The van der Waals surface area contributed by atoms with E-state index in [2.05, 4.69) is 36.5 Å². The fourth-order valence-corrected chi connectivity index (χ4v) is 2.85. The summed E-state index contributed by atoms with van der Waals surface area (Å²) in [7, 11) is 0. The van der Waals surface area contributed by atoms with Gasteiger partial charge in [0, 0.05) is 29.7 Å². The van der Waals surface area contributed by atoms with E-state index in [4.69, 9.17) is 5.73 Å². The first kappa shape index (κ1) is 16.6. The van der Waals surface area contributed by atoms with Crippen molar-refractivity contribution in [3.05, 3.63) is 65.7 Å². The van der Waals surface area contributed by atoms with Crippen molar-refractivity contribution < 1.29 is 4.79 Å². The minimum absolute atomic E-state index is 0.000796. The highest BCUT2D eigenvalue weighted by Crippen LogP contribution is 2.17. The quantitative estimate of drug-likeness (QED) is 0.609. The molecule has 2 aromatic carbocycles. The van der Waals surface area contributed by atoms with Crippen LogP contribution in [0.25, 0.3) is 0 Å². The van der Waals surface area contributed by atoms with E-state index in [9.17, 15) is 4.79 Å². The molecule has 0 saturated heterocycles. The maximum Gasteiger partial charge on any atom is 0.221 e. The van der Waals surface area contributed by atoms with Crippen molar-refractivity contribution in [3.63, 3.8) is 0 Å². The second-order valence-corrected chi connectivity index (χ2v) is 6.40. The van der Waals surface area contributed by atoms with Crippen LogP contribution in [0.1, 0.15) is 23.6 Å². The van der Waals surface area contributed by atoms with E-state index in [0.29, 0.717) is 13.0 Å². The van der Waals surface area contributed by atoms with Crippen LogP contribution in [0.4, 0.5) is 0 Å². The molecule has 4 heteroatoms. The molecule has 116 valence electrons. The molecular weight excluding hydrogens is 292 g/mol. The van der Waals surface area contributed by atoms with Gasteiger partial charge in [-0.3, -0.25) is 4.79 Å². The maximum absolute atomic E-state index is 11.9. The van der Waals surface area contributed by atoms with E-state index in [-0.39, 0.29) is 11.9 Å². The van der Waals surface area contributed by atoms with Gasteiger partial charge in [0.25, 0.3) is 0 Å². The van der Waals surface area contributed by atoms with Crippen LogP contribution in [0.2, 0.25) is 0 Å². The van der Waals surface area contributed by atoms with Crippen LogP contribution in [-0.4, -0.2) is 18.2 Å². The van der Waals surface area contributed by atoms with Crippen LogP contribution in [0.3, 0.4) is 0 Å². The van der Waals surface area contributed by atoms with Crippen LogP contribution in [-0.2, 0) is 4.79 Å². The first-order valence-electron chi connectivity index (χ1n) is 7.42. The standard InChI is InChI=1S/C18H22N2OS/c1-14-7-9-16(10-8-14)22-12-11-20-18(21)13-17(19)15-5-3-2-4-6-15/h2-10,17H,11-13,19H2,1H3,(H,20,21). The summed E-state index contributed by atoms with van der Waals surface area (Å²) in [6.45, 7) is 2.73. The van der Waals surface area contributed by atoms with Gasteiger partial charge in [0.2, 0.25) is 5.91 Å². The number of hydrogen-bond donors (Lipinski definition) is 2. The monoisotopic (exact) mass is 314 g/mol. The average molecular weight is 314 g/mol. The number of carbonyl (C=O) groups is 1.